The third-order valence-electron chi connectivity index (χ3n) is 5.81. The maximum absolute atomic E-state index is 13.7. The zero-order valence-corrected chi connectivity index (χ0v) is 20.1. The predicted octanol–water partition coefficient (Wildman–Crippen LogP) is 6.17. The highest BCUT2D eigenvalue weighted by atomic mass is 35.5. The van der Waals surface area contributed by atoms with E-state index < -0.39 is 35.6 Å². The zero-order chi connectivity index (χ0) is 27.2. The molecule has 0 saturated carbocycles. The van der Waals surface area contributed by atoms with Crippen molar-refractivity contribution in [3.63, 3.8) is 0 Å². The highest BCUT2D eigenvalue weighted by Gasteiger charge is 2.45. The number of amides is 1. The van der Waals surface area contributed by atoms with Crippen LogP contribution >= 0.6 is 11.6 Å². The van der Waals surface area contributed by atoms with Crippen LogP contribution in [0.2, 0.25) is 5.02 Å². The smallest absolute Gasteiger partial charge is 0.503 e. The minimum absolute atomic E-state index is 0.110. The summed E-state index contributed by atoms with van der Waals surface area (Å²) in [4.78, 5) is 32.0. The number of carbonyl (C=O) groups is 2. The van der Waals surface area contributed by atoms with Gasteiger partial charge in [0.25, 0.3) is 5.91 Å². The topological polar surface area (TPSA) is 102 Å². The molecule has 0 saturated heterocycles. The maximum atomic E-state index is 13.7. The van der Waals surface area contributed by atoms with E-state index in [0.717, 1.165) is 17.0 Å². The van der Waals surface area contributed by atoms with Crippen molar-refractivity contribution in [1.82, 2.24) is 4.98 Å². The van der Waals surface area contributed by atoms with Crippen molar-refractivity contribution in [2.24, 2.45) is 0 Å². The Bertz CT molecular complexity index is 1580. The first-order valence-corrected chi connectivity index (χ1v) is 11.3. The molecule has 0 fully saturated rings. The Morgan fingerprint density at radius 1 is 1.11 bits per heavy atom. The van der Waals surface area contributed by atoms with Crippen molar-refractivity contribution < 1.29 is 41.8 Å². The summed E-state index contributed by atoms with van der Waals surface area (Å²) in [5.41, 5.74) is 0.468. The third-order valence-corrected chi connectivity index (χ3v) is 6.03. The van der Waals surface area contributed by atoms with Gasteiger partial charge in [-0.1, -0.05) is 11.6 Å². The van der Waals surface area contributed by atoms with E-state index in [1.807, 2.05) is 0 Å². The van der Waals surface area contributed by atoms with Crippen LogP contribution in [-0.2, 0) is 4.79 Å². The number of benzene rings is 2. The summed E-state index contributed by atoms with van der Waals surface area (Å²) >= 11 is 6.11. The Kier molecular flexibility index (Phi) is 6.23. The molecule has 1 amide bonds. The fourth-order valence-electron chi connectivity index (χ4n) is 4.26. The second-order valence-corrected chi connectivity index (χ2v) is 8.56. The van der Waals surface area contributed by atoms with Gasteiger partial charge in [-0.25, -0.2) is 0 Å². The molecule has 1 unspecified atom stereocenters. The van der Waals surface area contributed by atoms with Gasteiger partial charge in [-0.15, -0.1) is 13.2 Å². The molecule has 12 heteroatoms. The van der Waals surface area contributed by atoms with E-state index in [1.165, 1.54) is 43.8 Å². The van der Waals surface area contributed by atoms with Gasteiger partial charge in [0.05, 0.1) is 18.7 Å². The first-order valence-electron chi connectivity index (χ1n) is 10.9. The van der Waals surface area contributed by atoms with E-state index in [9.17, 15) is 27.9 Å². The molecule has 2 aromatic heterocycles. The standard InChI is InChI=1S/C26H16ClF3N2O6/c1-36-19-12-15(27)10-14-11-18(37-24(14)19)22(33)20-21(13-6-8-31-9-7-13)32(25(35)23(20)34)16-2-4-17(5-3-16)38-26(28,29)30/h2-12,21,34H,1H3. The minimum Gasteiger partial charge on any atom is -0.503 e. The van der Waals surface area contributed by atoms with Crippen molar-refractivity contribution in [1.29, 1.82) is 0 Å². The molecule has 4 aromatic rings. The first kappa shape index (κ1) is 25.2. The van der Waals surface area contributed by atoms with E-state index in [2.05, 4.69) is 9.72 Å². The molecular formula is C26H16ClF3N2O6. The molecular weight excluding hydrogens is 529 g/mol. The number of fused-ring (bicyclic) bond motifs is 1. The highest BCUT2D eigenvalue weighted by Crippen LogP contribution is 2.43. The van der Waals surface area contributed by atoms with E-state index in [0.29, 0.717) is 16.0 Å². The molecule has 8 nitrogen and oxygen atoms in total. The second-order valence-electron chi connectivity index (χ2n) is 8.13. The molecule has 1 atom stereocenters. The van der Waals surface area contributed by atoms with Gasteiger partial charge in [0.15, 0.2) is 22.9 Å². The van der Waals surface area contributed by atoms with Crippen LogP contribution in [0.25, 0.3) is 11.0 Å². The number of carbonyl (C=O) groups excluding carboxylic acids is 2. The lowest BCUT2D eigenvalue weighted by Gasteiger charge is -2.26. The maximum Gasteiger partial charge on any atom is 0.573 e. The van der Waals surface area contributed by atoms with E-state index in [4.69, 9.17) is 20.8 Å². The van der Waals surface area contributed by atoms with Crippen molar-refractivity contribution in [3.05, 3.63) is 94.7 Å². The van der Waals surface area contributed by atoms with E-state index in [-0.39, 0.29) is 28.4 Å². The summed E-state index contributed by atoms with van der Waals surface area (Å²) in [6.45, 7) is 0. The van der Waals surface area contributed by atoms with Crippen LogP contribution in [0.15, 0.2) is 82.7 Å². The monoisotopic (exact) mass is 544 g/mol. The molecule has 3 heterocycles. The number of ether oxygens (including phenoxy) is 2. The average molecular weight is 545 g/mol. The van der Waals surface area contributed by atoms with E-state index in [1.54, 1.807) is 18.2 Å². The van der Waals surface area contributed by atoms with Gasteiger partial charge >= 0.3 is 6.36 Å². The fraction of sp³-hybridized carbons (Fsp3) is 0.115. The van der Waals surface area contributed by atoms with Crippen LogP contribution in [0, 0.1) is 0 Å². The predicted molar refractivity (Wildman–Crippen MR) is 129 cm³/mol. The molecule has 0 radical (unpaired) electrons. The number of hydrogen-bond donors (Lipinski definition) is 1. The van der Waals surface area contributed by atoms with Crippen LogP contribution in [-0.4, -0.2) is 35.3 Å². The number of alkyl halides is 3. The molecule has 2 aromatic carbocycles. The van der Waals surface area contributed by atoms with Crippen molar-refractivity contribution >= 4 is 39.9 Å². The number of hydrogen-bond acceptors (Lipinski definition) is 7. The van der Waals surface area contributed by atoms with Gasteiger partial charge in [-0.05, 0) is 54.1 Å². The molecule has 0 spiro atoms. The number of halogens is 4. The second kappa shape index (κ2) is 9.42. The molecule has 38 heavy (non-hydrogen) atoms. The molecule has 5 rings (SSSR count). The van der Waals surface area contributed by atoms with Crippen LogP contribution in [0.4, 0.5) is 18.9 Å². The van der Waals surface area contributed by atoms with Gasteiger partial charge in [0.1, 0.15) is 5.75 Å². The zero-order valence-electron chi connectivity index (χ0n) is 19.3. The molecule has 1 aliphatic rings. The number of aliphatic hydroxyl groups is 1. The van der Waals surface area contributed by atoms with Crippen LogP contribution < -0.4 is 14.4 Å². The number of ketones is 1. The number of rotatable bonds is 6. The van der Waals surface area contributed by atoms with Crippen LogP contribution in [0.1, 0.15) is 22.2 Å². The summed E-state index contributed by atoms with van der Waals surface area (Å²) in [5.74, 6) is -2.97. The summed E-state index contributed by atoms with van der Waals surface area (Å²) < 4.78 is 52.7. The average Bonchev–Trinajstić information content (AvgIpc) is 3.42. The number of aromatic nitrogens is 1. The first-order chi connectivity index (χ1) is 18.1. The number of anilines is 1. The van der Waals surface area contributed by atoms with Crippen LogP contribution in [0.5, 0.6) is 11.5 Å². The van der Waals surface area contributed by atoms with Crippen molar-refractivity contribution in [2.75, 3.05) is 12.0 Å². The molecule has 1 N–H and O–H groups in total. The van der Waals surface area contributed by atoms with E-state index >= 15 is 0 Å². The number of pyridine rings is 1. The van der Waals surface area contributed by atoms with Gasteiger partial charge in [0.2, 0.25) is 5.78 Å². The Hall–Kier alpha value is -4.51. The molecule has 0 aliphatic carbocycles. The van der Waals surface area contributed by atoms with Gasteiger partial charge < -0.3 is 19.0 Å². The van der Waals surface area contributed by atoms with Crippen LogP contribution in [0.3, 0.4) is 0 Å². The summed E-state index contributed by atoms with van der Waals surface area (Å²) in [5, 5.41) is 11.7. The lowest BCUT2D eigenvalue weighted by atomic mass is 9.95. The van der Waals surface area contributed by atoms with Gasteiger partial charge in [-0.2, -0.15) is 0 Å². The molecule has 1 aliphatic heterocycles. The normalized spacial score (nSPS) is 15.9. The summed E-state index contributed by atoms with van der Waals surface area (Å²) in [6, 6.07) is 10.9. The number of methoxy groups -OCH3 is 1. The highest BCUT2D eigenvalue weighted by molar-refractivity contribution is 6.31. The van der Waals surface area contributed by atoms with Gasteiger partial charge in [-0.3, -0.25) is 19.5 Å². The lowest BCUT2D eigenvalue weighted by Crippen LogP contribution is -2.31. The number of Topliss-reactive ketones (excluding diaryl/α,β-unsaturated/α-hetero) is 1. The lowest BCUT2D eigenvalue weighted by molar-refractivity contribution is -0.274. The van der Waals surface area contributed by atoms with Crippen molar-refractivity contribution in [2.45, 2.75) is 12.4 Å². The Labute approximate surface area is 217 Å². The Balaban J connectivity index is 1.59. The molecule has 0 bridgehead atoms. The minimum atomic E-state index is -4.90. The largest absolute Gasteiger partial charge is 0.573 e. The molecule has 194 valence electrons. The Morgan fingerprint density at radius 2 is 1.79 bits per heavy atom. The number of furan rings is 1. The van der Waals surface area contributed by atoms with Crippen molar-refractivity contribution in [3.8, 4) is 11.5 Å². The Morgan fingerprint density at radius 3 is 2.42 bits per heavy atom. The van der Waals surface area contributed by atoms with Gasteiger partial charge in [0, 0.05) is 34.6 Å². The SMILES string of the molecule is COc1cc(Cl)cc2cc(C(=O)C3=C(O)C(=O)N(c4ccc(OC(F)(F)F)cc4)C3c3ccncc3)oc12. The quantitative estimate of drug-likeness (QED) is 0.290. The summed E-state index contributed by atoms with van der Waals surface area (Å²) in [7, 11) is 1.40. The summed E-state index contributed by atoms with van der Waals surface area (Å²) in [6.07, 6.45) is -2.03. The fourth-order valence-corrected chi connectivity index (χ4v) is 4.47. The third kappa shape index (κ3) is 4.52. The number of aliphatic hydroxyl groups excluding tert-OH is 1. The number of nitrogens with zero attached hydrogens (tertiary/aromatic N) is 2.